The maximum absolute atomic E-state index is 12.8. The van der Waals surface area contributed by atoms with Crippen LogP contribution in [0.25, 0.3) is 21.5 Å². The molecule has 0 unspecified atom stereocenters. The van der Waals surface area contributed by atoms with E-state index in [4.69, 9.17) is 0 Å². The first kappa shape index (κ1) is 19.0. The number of aromatic amines is 1. The Morgan fingerprint density at radius 1 is 1.16 bits per heavy atom. The van der Waals surface area contributed by atoms with Crippen LogP contribution < -0.4 is 5.32 Å². The van der Waals surface area contributed by atoms with E-state index in [1.165, 1.54) is 11.3 Å². The molecule has 8 heteroatoms. The van der Waals surface area contributed by atoms with E-state index in [-0.39, 0.29) is 5.91 Å². The van der Waals surface area contributed by atoms with Crippen molar-refractivity contribution in [3.63, 3.8) is 0 Å². The number of anilines is 1. The van der Waals surface area contributed by atoms with Gasteiger partial charge >= 0.3 is 0 Å². The molecular weight excluding hydrogens is 410 g/mol. The summed E-state index contributed by atoms with van der Waals surface area (Å²) in [5, 5.41) is 8.03. The zero-order valence-corrected chi connectivity index (χ0v) is 17.1. The number of carbonyl (C=O) groups is 2. The largest absolute Gasteiger partial charge is 0.344 e. The number of fused-ring (bicyclic) bond motifs is 1. The number of rotatable bonds is 6. The van der Waals surface area contributed by atoms with Crippen LogP contribution in [0.2, 0.25) is 0 Å². The van der Waals surface area contributed by atoms with Gasteiger partial charge in [-0.25, -0.2) is 4.98 Å². The highest BCUT2D eigenvalue weighted by Crippen LogP contribution is 2.31. The molecule has 7 nitrogen and oxygen atoms in total. The van der Waals surface area contributed by atoms with E-state index in [0.29, 0.717) is 28.3 Å². The Bertz CT molecular complexity index is 1380. The Kier molecular flexibility index (Phi) is 4.89. The molecule has 2 N–H and O–H groups in total. The van der Waals surface area contributed by atoms with Crippen molar-refractivity contribution in [1.29, 1.82) is 0 Å². The van der Waals surface area contributed by atoms with Crippen LogP contribution >= 0.6 is 11.3 Å². The van der Waals surface area contributed by atoms with Gasteiger partial charge in [-0.3, -0.25) is 14.3 Å². The number of benzene rings is 1. The van der Waals surface area contributed by atoms with Crippen molar-refractivity contribution in [3.05, 3.63) is 89.3 Å². The minimum atomic E-state index is -0.245. The smallest absolute Gasteiger partial charge is 0.258 e. The molecule has 0 bridgehead atoms. The molecule has 4 heterocycles. The molecule has 0 aliphatic rings. The molecule has 0 saturated heterocycles. The summed E-state index contributed by atoms with van der Waals surface area (Å²) in [7, 11) is 0. The first-order chi connectivity index (χ1) is 15.2. The third-order valence-electron chi connectivity index (χ3n) is 4.89. The Morgan fingerprint density at radius 2 is 2.03 bits per heavy atom. The summed E-state index contributed by atoms with van der Waals surface area (Å²) in [4.78, 5) is 32.9. The van der Waals surface area contributed by atoms with Crippen molar-refractivity contribution in [3.8, 4) is 10.4 Å². The highest BCUT2D eigenvalue weighted by molar-refractivity contribution is 7.17. The van der Waals surface area contributed by atoms with Crippen LogP contribution in [0.1, 0.15) is 25.6 Å². The van der Waals surface area contributed by atoms with Gasteiger partial charge in [-0.1, -0.05) is 30.3 Å². The van der Waals surface area contributed by atoms with Gasteiger partial charge in [0, 0.05) is 34.4 Å². The van der Waals surface area contributed by atoms with E-state index in [9.17, 15) is 9.59 Å². The first-order valence-corrected chi connectivity index (χ1v) is 10.4. The summed E-state index contributed by atoms with van der Waals surface area (Å²) in [6, 6.07) is 15.6. The second-order valence-corrected chi connectivity index (χ2v) is 8.12. The lowest BCUT2D eigenvalue weighted by atomic mass is 10.2. The molecule has 31 heavy (non-hydrogen) atoms. The molecule has 0 spiro atoms. The third-order valence-corrected chi connectivity index (χ3v) is 5.95. The number of aldehydes is 1. The molecular formula is C23H17N5O2S. The Morgan fingerprint density at radius 3 is 2.84 bits per heavy atom. The van der Waals surface area contributed by atoms with Crippen LogP contribution in [-0.2, 0) is 6.54 Å². The van der Waals surface area contributed by atoms with E-state index < -0.39 is 0 Å². The predicted molar refractivity (Wildman–Crippen MR) is 121 cm³/mol. The van der Waals surface area contributed by atoms with Gasteiger partial charge in [-0.15, -0.1) is 11.3 Å². The molecule has 4 aromatic heterocycles. The van der Waals surface area contributed by atoms with E-state index in [0.717, 1.165) is 27.7 Å². The fraction of sp³-hybridized carbons (Fsp3) is 0.0435. The molecule has 0 radical (unpaired) electrons. The Hall–Kier alpha value is -4.04. The average Bonchev–Trinajstić information content (AvgIpc) is 3.54. The molecule has 5 rings (SSSR count). The number of nitrogens with zero attached hydrogens (tertiary/aromatic N) is 3. The Labute approximate surface area is 181 Å². The summed E-state index contributed by atoms with van der Waals surface area (Å²) < 4.78 is 1.74. The normalized spacial score (nSPS) is 11.0. The number of H-pyrrole nitrogens is 1. The second kappa shape index (κ2) is 8.00. The number of hydrogen-bond donors (Lipinski definition) is 2. The quantitative estimate of drug-likeness (QED) is 0.387. The third kappa shape index (κ3) is 3.88. The van der Waals surface area contributed by atoms with Gasteiger partial charge in [0.05, 0.1) is 28.9 Å². The molecule has 0 aliphatic carbocycles. The lowest BCUT2D eigenvalue weighted by Crippen LogP contribution is -2.10. The maximum Gasteiger partial charge on any atom is 0.258 e. The number of nitrogens with one attached hydrogen (secondary N) is 2. The van der Waals surface area contributed by atoms with Gasteiger partial charge in [0.2, 0.25) is 0 Å². The minimum Gasteiger partial charge on any atom is -0.344 e. The average molecular weight is 427 g/mol. The summed E-state index contributed by atoms with van der Waals surface area (Å²) in [6.45, 7) is 0.595. The van der Waals surface area contributed by atoms with Gasteiger partial charge in [0.15, 0.2) is 6.29 Å². The van der Waals surface area contributed by atoms with Gasteiger partial charge in [-0.05, 0) is 23.8 Å². The first-order valence-electron chi connectivity index (χ1n) is 9.60. The van der Waals surface area contributed by atoms with Crippen molar-refractivity contribution in [2.24, 2.45) is 0 Å². The summed E-state index contributed by atoms with van der Waals surface area (Å²) in [5.41, 5.74) is 3.78. The Balaban J connectivity index is 1.37. The summed E-state index contributed by atoms with van der Waals surface area (Å²) >= 11 is 1.40. The van der Waals surface area contributed by atoms with Crippen molar-refractivity contribution >= 4 is 40.3 Å². The molecule has 152 valence electrons. The van der Waals surface area contributed by atoms with Crippen molar-refractivity contribution in [1.82, 2.24) is 19.7 Å². The van der Waals surface area contributed by atoms with Crippen molar-refractivity contribution < 1.29 is 9.59 Å². The fourth-order valence-corrected chi connectivity index (χ4v) is 4.15. The van der Waals surface area contributed by atoms with E-state index in [1.807, 2.05) is 42.5 Å². The zero-order chi connectivity index (χ0) is 21.2. The van der Waals surface area contributed by atoms with Gasteiger partial charge in [0.25, 0.3) is 5.91 Å². The van der Waals surface area contributed by atoms with Crippen LogP contribution in [0.3, 0.4) is 0 Å². The standard InChI is InChI=1S/C23H17N5O2S/c29-14-18-6-7-21(31-18)16-8-19-20(11-25-22(19)24-9-16)27-23(30)17-10-26-28(13-17)12-15-4-2-1-3-5-15/h1-11,13-14H,12H2,(H,24,25)(H,27,30). The van der Waals surface area contributed by atoms with E-state index in [1.54, 1.807) is 35.5 Å². The highest BCUT2D eigenvalue weighted by atomic mass is 32.1. The molecule has 0 fully saturated rings. The number of aromatic nitrogens is 4. The molecule has 0 aliphatic heterocycles. The molecule has 0 saturated carbocycles. The van der Waals surface area contributed by atoms with Crippen molar-refractivity contribution in [2.75, 3.05) is 5.32 Å². The number of thiophene rings is 1. The van der Waals surface area contributed by atoms with E-state index in [2.05, 4.69) is 20.4 Å². The lowest BCUT2D eigenvalue weighted by molar-refractivity contribution is 0.102. The maximum atomic E-state index is 12.8. The van der Waals surface area contributed by atoms with Crippen molar-refractivity contribution in [2.45, 2.75) is 6.54 Å². The van der Waals surface area contributed by atoms with Crippen LogP contribution in [0, 0.1) is 0 Å². The van der Waals surface area contributed by atoms with Gasteiger partial charge in [0.1, 0.15) is 5.65 Å². The number of pyridine rings is 1. The van der Waals surface area contributed by atoms with Gasteiger partial charge in [-0.2, -0.15) is 5.10 Å². The van der Waals surface area contributed by atoms with Crippen LogP contribution in [0.15, 0.2) is 73.3 Å². The molecule has 1 amide bonds. The monoisotopic (exact) mass is 427 g/mol. The lowest BCUT2D eigenvalue weighted by Gasteiger charge is -2.03. The topological polar surface area (TPSA) is 92.7 Å². The second-order valence-electron chi connectivity index (χ2n) is 7.01. The van der Waals surface area contributed by atoms with Gasteiger partial charge < -0.3 is 10.3 Å². The minimum absolute atomic E-state index is 0.245. The molecule has 0 atom stereocenters. The SMILES string of the molecule is O=Cc1ccc(-c2cnc3[nH]cc(NC(=O)c4cnn(Cc5ccccc5)c4)c3c2)s1. The fourth-order valence-electron chi connectivity index (χ4n) is 3.35. The highest BCUT2D eigenvalue weighted by Gasteiger charge is 2.14. The van der Waals surface area contributed by atoms with Crippen LogP contribution in [0.4, 0.5) is 5.69 Å². The predicted octanol–water partition coefficient (Wildman–Crippen LogP) is 4.60. The summed E-state index contributed by atoms with van der Waals surface area (Å²) in [6.07, 6.45) is 7.59. The number of amides is 1. The summed E-state index contributed by atoms with van der Waals surface area (Å²) in [5.74, 6) is -0.245. The molecule has 5 aromatic rings. The zero-order valence-electron chi connectivity index (χ0n) is 16.3. The number of hydrogen-bond acceptors (Lipinski definition) is 5. The molecule has 1 aromatic carbocycles. The number of carbonyl (C=O) groups excluding carboxylic acids is 2. The van der Waals surface area contributed by atoms with E-state index >= 15 is 0 Å². The van der Waals surface area contributed by atoms with Crippen LogP contribution in [-0.4, -0.2) is 31.9 Å². The van der Waals surface area contributed by atoms with Crippen LogP contribution in [0.5, 0.6) is 0 Å².